The highest BCUT2D eigenvalue weighted by atomic mass is 32.2. The summed E-state index contributed by atoms with van der Waals surface area (Å²) in [6.45, 7) is 0.619. The highest BCUT2D eigenvalue weighted by Gasteiger charge is 2.14. The summed E-state index contributed by atoms with van der Waals surface area (Å²) in [5.41, 5.74) is 7.57. The minimum absolute atomic E-state index is 0.0110. The lowest BCUT2D eigenvalue weighted by molar-refractivity contribution is -0.120. The van der Waals surface area contributed by atoms with E-state index in [1.54, 1.807) is 0 Å². The number of rotatable bonds is 10. The maximum absolute atomic E-state index is 11.9. The molecule has 2 aromatic carbocycles. The first kappa shape index (κ1) is 19.1. The molecule has 5 heteroatoms. The van der Waals surface area contributed by atoms with Crippen molar-refractivity contribution in [2.24, 2.45) is 5.73 Å². The van der Waals surface area contributed by atoms with Crippen molar-refractivity contribution in [2.45, 2.75) is 18.8 Å². The normalized spacial score (nSPS) is 10.6. The molecule has 0 unspecified atom stereocenters. The van der Waals surface area contributed by atoms with Crippen molar-refractivity contribution in [3.05, 3.63) is 71.8 Å². The molecule has 0 aliphatic rings. The first-order chi connectivity index (χ1) is 12.2. The van der Waals surface area contributed by atoms with Crippen LogP contribution < -0.4 is 11.1 Å². The van der Waals surface area contributed by atoms with E-state index in [-0.39, 0.29) is 23.5 Å². The SMILES string of the molecule is NC(=O)CSCCC(=O)NCCC(c1ccccc1)c1ccccc1. The lowest BCUT2D eigenvalue weighted by atomic mass is 9.88. The number of benzene rings is 2. The maximum atomic E-state index is 11.9. The molecule has 25 heavy (non-hydrogen) atoms. The molecule has 0 aliphatic heterocycles. The summed E-state index contributed by atoms with van der Waals surface area (Å²) >= 11 is 1.39. The summed E-state index contributed by atoms with van der Waals surface area (Å²) in [6.07, 6.45) is 1.24. The Morgan fingerprint density at radius 1 is 0.960 bits per heavy atom. The van der Waals surface area contributed by atoms with Crippen LogP contribution in [0, 0.1) is 0 Å². The molecule has 132 valence electrons. The van der Waals surface area contributed by atoms with Gasteiger partial charge in [0.05, 0.1) is 5.75 Å². The van der Waals surface area contributed by atoms with Crippen LogP contribution in [0.25, 0.3) is 0 Å². The van der Waals surface area contributed by atoms with Gasteiger partial charge in [-0.3, -0.25) is 9.59 Å². The molecule has 0 saturated carbocycles. The summed E-state index contributed by atoms with van der Waals surface area (Å²) in [4.78, 5) is 22.6. The van der Waals surface area contributed by atoms with Gasteiger partial charge in [0.15, 0.2) is 0 Å². The summed E-state index contributed by atoms with van der Waals surface area (Å²) < 4.78 is 0. The highest BCUT2D eigenvalue weighted by molar-refractivity contribution is 7.99. The fourth-order valence-electron chi connectivity index (χ4n) is 2.68. The third-order valence-corrected chi connectivity index (χ3v) is 4.86. The Morgan fingerprint density at radius 2 is 1.52 bits per heavy atom. The zero-order valence-electron chi connectivity index (χ0n) is 14.2. The number of hydrogen-bond acceptors (Lipinski definition) is 3. The van der Waals surface area contributed by atoms with Gasteiger partial charge in [0.25, 0.3) is 0 Å². The van der Waals surface area contributed by atoms with Gasteiger partial charge in [0.1, 0.15) is 0 Å². The van der Waals surface area contributed by atoms with E-state index in [0.717, 1.165) is 6.42 Å². The van der Waals surface area contributed by atoms with Gasteiger partial charge >= 0.3 is 0 Å². The maximum Gasteiger partial charge on any atom is 0.227 e. The van der Waals surface area contributed by atoms with E-state index in [4.69, 9.17) is 5.73 Å². The van der Waals surface area contributed by atoms with Crippen molar-refractivity contribution >= 4 is 23.6 Å². The van der Waals surface area contributed by atoms with Crippen LogP contribution in [-0.2, 0) is 9.59 Å². The van der Waals surface area contributed by atoms with Crippen molar-refractivity contribution in [2.75, 3.05) is 18.1 Å². The number of carbonyl (C=O) groups excluding carboxylic acids is 2. The van der Waals surface area contributed by atoms with E-state index in [0.29, 0.717) is 18.7 Å². The van der Waals surface area contributed by atoms with Crippen molar-refractivity contribution in [3.8, 4) is 0 Å². The fraction of sp³-hybridized carbons (Fsp3) is 0.300. The molecule has 2 amide bonds. The molecule has 0 spiro atoms. The van der Waals surface area contributed by atoms with Gasteiger partial charge in [-0.15, -0.1) is 0 Å². The smallest absolute Gasteiger partial charge is 0.227 e. The molecule has 0 fully saturated rings. The highest BCUT2D eigenvalue weighted by Crippen LogP contribution is 2.27. The molecular weight excluding hydrogens is 332 g/mol. The summed E-state index contributed by atoms with van der Waals surface area (Å²) in [5.74, 6) is 0.787. The number of amides is 2. The van der Waals surface area contributed by atoms with Gasteiger partial charge in [-0.2, -0.15) is 11.8 Å². The molecule has 0 radical (unpaired) electrons. The van der Waals surface area contributed by atoms with E-state index in [1.165, 1.54) is 22.9 Å². The van der Waals surface area contributed by atoms with Gasteiger partial charge in [0, 0.05) is 24.6 Å². The molecule has 2 aromatic rings. The Hall–Kier alpha value is -2.27. The Balaban J connectivity index is 1.84. The second-order valence-corrected chi connectivity index (χ2v) is 6.89. The number of carbonyl (C=O) groups is 2. The van der Waals surface area contributed by atoms with Gasteiger partial charge in [0.2, 0.25) is 11.8 Å². The zero-order chi connectivity index (χ0) is 17.9. The molecule has 2 rings (SSSR count). The Morgan fingerprint density at radius 3 is 2.04 bits per heavy atom. The first-order valence-electron chi connectivity index (χ1n) is 8.39. The summed E-state index contributed by atoms with van der Waals surface area (Å²) in [5, 5.41) is 2.97. The average molecular weight is 356 g/mol. The van der Waals surface area contributed by atoms with Crippen LogP contribution in [0.2, 0.25) is 0 Å². The monoisotopic (exact) mass is 356 g/mol. The molecule has 0 aromatic heterocycles. The van der Waals surface area contributed by atoms with E-state index in [2.05, 4.69) is 29.6 Å². The van der Waals surface area contributed by atoms with Gasteiger partial charge in [-0.05, 0) is 17.5 Å². The summed E-state index contributed by atoms with van der Waals surface area (Å²) in [6, 6.07) is 20.7. The van der Waals surface area contributed by atoms with Crippen LogP contribution >= 0.6 is 11.8 Å². The van der Waals surface area contributed by atoms with E-state index < -0.39 is 0 Å². The molecule has 3 N–H and O–H groups in total. The Labute approximate surface area is 153 Å². The largest absolute Gasteiger partial charge is 0.369 e. The number of nitrogens with one attached hydrogen (secondary N) is 1. The predicted octanol–water partition coefficient (Wildman–Crippen LogP) is 2.93. The summed E-state index contributed by atoms with van der Waals surface area (Å²) in [7, 11) is 0. The molecule has 0 bridgehead atoms. The zero-order valence-corrected chi connectivity index (χ0v) is 15.0. The van der Waals surface area contributed by atoms with E-state index in [1.807, 2.05) is 36.4 Å². The predicted molar refractivity (Wildman–Crippen MR) is 103 cm³/mol. The Kier molecular flexibility index (Phi) is 8.05. The molecule has 0 aliphatic carbocycles. The van der Waals surface area contributed by atoms with Crippen LogP contribution in [0.5, 0.6) is 0 Å². The minimum atomic E-state index is -0.348. The average Bonchev–Trinajstić information content (AvgIpc) is 2.64. The van der Waals surface area contributed by atoms with Crippen molar-refractivity contribution in [1.29, 1.82) is 0 Å². The van der Waals surface area contributed by atoms with Gasteiger partial charge in [-0.1, -0.05) is 60.7 Å². The Bertz CT molecular complexity index is 622. The fourth-order valence-corrected chi connectivity index (χ4v) is 3.35. The lowest BCUT2D eigenvalue weighted by Crippen LogP contribution is -2.26. The van der Waals surface area contributed by atoms with Crippen LogP contribution in [0.3, 0.4) is 0 Å². The molecule has 4 nitrogen and oxygen atoms in total. The molecule has 0 saturated heterocycles. The lowest BCUT2D eigenvalue weighted by Gasteiger charge is -2.18. The molecule has 0 atom stereocenters. The third kappa shape index (κ3) is 7.01. The number of nitrogens with two attached hydrogens (primary N) is 1. The van der Waals surface area contributed by atoms with Crippen LogP contribution in [0.15, 0.2) is 60.7 Å². The second kappa shape index (κ2) is 10.6. The third-order valence-electron chi connectivity index (χ3n) is 3.88. The second-order valence-electron chi connectivity index (χ2n) is 5.78. The van der Waals surface area contributed by atoms with Crippen LogP contribution in [0.4, 0.5) is 0 Å². The van der Waals surface area contributed by atoms with E-state index in [9.17, 15) is 9.59 Å². The van der Waals surface area contributed by atoms with Crippen molar-refractivity contribution in [1.82, 2.24) is 5.32 Å². The minimum Gasteiger partial charge on any atom is -0.369 e. The molecule has 0 heterocycles. The number of hydrogen-bond donors (Lipinski definition) is 2. The van der Waals surface area contributed by atoms with Crippen molar-refractivity contribution in [3.63, 3.8) is 0 Å². The van der Waals surface area contributed by atoms with Crippen LogP contribution in [-0.4, -0.2) is 29.9 Å². The first-order valence-corrected chi connectivity index (χ1v) is 9.55. The van der Waals surface area contributed by atoms with Crippen molar-refractivity contribution < 1.29 is 9.59 Å². The van der Waals surface area contributed by atoms with Crippen LogP contribution in [0.1, 0.15) is 29.9 Å². The van der Waals surface area contributed by atoms with Gasteiger partial charge < -0.3 is 11.1 Å². The topological polar surface area (TPSA) is 72.2 Å². The number of thioether (sulfide) groups is 1. The van der Waals surface area contributed by atoms with E-state index >= 15 is 0 Å². The van der Waals surface area contributed by atoms with Gasteiger partial charge in [-0.25, -0.2) is 0 Å². The molecular formula is C20H24N2O2S. The number of primary amides is 1. The standard InChI is InChI=1S/C20H24N2O2S/c21-19(23)15-25-14-12-20(24)22-13-11-18(16-7-3-1-4-8-16)17-9-5-2-6-10-17/h1-10,18H,11-15H2,(H2,21,23)(H,22,24). The quantitative estimate of drug-likeness (QED) is 0.643.